The zero-order valence-corrected chi connectivity index (χ0v) is 13.9. The van der Waals surface area contributed by atoms with Gasteiger partial charge in [0.1, 0.15) is 5.78 Å². The van der Waals surface area contributed by atoms with Crippen molar-refractivity contribution < 1.29 is 4.79 Å². The van der Waals surface area contributed by atoms with E-state index in [2.05, 4.69) is 26.6 Å². The Morgan fingerprint density at radius 3 is 2.06 bits per heavy atom. The van der Waals surface area contributed by atoms with Gasteiger partial charge >= 0.3 is 0 Å². The van der Waals surface area contributed by atoms with Gasteiger partial charge < -0.3 is 0 Å². The molecule has 1 aliphatic carbocycles. The average molecular weight is 267 g/mol. The Morgan fingerprint density at radius 2 is 1.61 bits per heavy atom. The third-order valence-electron chi connectivity index (χ3n) is 3.91. The summed E-state index contributed by atoms with van der Waals surface area (Å²) in [6.45, 7) is 11.1. The predicted molar refractivity (Wildman–Crippen MR) is 82.5 cm³/mol. The van der Waals surface area contributed by atoms with Crippen LogP contribution in [-0.4, -0.2) is 13.9 Å². The van der Waals surface area contributed by atoms with Crippen LogP contribution in [0.5, 0.6) is 0 Å². The summed E-state index contributed by atoms with van der Waals surface area (Å²) in [5, 5.41) is 1.57. The van der Waals surface area contributed by atoms with Crippen molar-refractivity contribution in [2.45, 2.75) is 78.4 Å². The lowest BCUT2D eigenvalue weighted by Crippen LogP contribution is -2.21. The fourth-order valence-electron chi connectivity index (χ4n) is 3.01. The van der Waals surface area contributed by atoms with Gasteiger partial charge in [0.25, 0.3) is 0 Å². The van der Waals surface area contributed by atoms with Crippen LogP contribution >= 0.6 is 0 Å². The molecule has 0 N–H and O–H groups in total. The number of unbranched alkanes of at least 4 members (excludes halogenated alkanes) is 5. The molecule has 0 aromatic rings. The number of carbonyl (C=O) groups excluding carboxylic acids is 1. The summed E-state index contributed by atoms with van der Waals surface area (Å²) >= 11 is 0. The maximum atomic E-state index is 11.6. The molecule has 1 rings (SSSR count). The van der Waals surface area contributed by atoms with Gasteiger partial charge in [-0.2, -0.15) is 0 Å². The Labute approximate surface area is 114 Å². The topological polar surface area (TPSA) is 17.1 Å². The lowest BCUT2D eigenvalue weighted by Gasteiger charge is -2.11. The van der Waals surface area contributed by atoms with Gasteiger partial charge in [-0.05, 0) is 19.8 Å². The lowest BCUT2D eigenvalue weighted by molar-refractivity contribution is -0.117. The molecule has 18 heavy (non-hydrogen) atoms. The zero-order chi connectivity index (χ0) is 13.8. The Morgan fingerprint density at radius 1 is 1.06 bits per heavy atom. The number of allylic oxidation sites excluding steroid dienone is 2. The minimum atomic E-state index is -1.23. The van der Waals surface area contributed by atoms with Crippen LogP contribution < -0.4 is 0 Å². The molecule has 1 nitrogen and oxygen atoms in total. The molecule has 0 fully saturated rings. The molecule has 1 atom stereocenters. The first-order valence-electron chi connectivity index (χ1n) is 7.63. The minimum Gasteiger partial charge on any atom is -0.299 e. The van der Waals surface area contributed by atoms with Crippen LogP contribution in [0.1, 0.15) is 58.8 Å². The van der Waals surface area contributed by atoms with Gasteiger partial charge in [-0.15, -0.1) is 0 Å². The van der Waals surface area contributed by atoms with E-state index in [1.807, 2.05) is 0 Å². The first-order chi connectivity index (χ1) is 8.39. The number of Topliss-reactive ketones (excluding diaryl/α,β-unsaturated/α-hetero) is 1. The monoisotopic (exact) mass is 266 g/mol. The summed E-state index contributed by atoms with van der Waals surface area (Å²) in [5.41, 5.74) is 1.53. The molecule has 0 bridgehead atoms. The Bertz CT molecular complexity index is 322. The predicted octanol–water partition coefficient (Wildman–Crippen LogP) is 5.13. The van der Waals surface area contributed by atoms with Gasteiger partial charge in [0.05, 0.1) is 14.0 Å². The van der Waals surface area contributed by atoms with Crippen LogP contribution in [0, 0.1) is 5.92 Å². The van der Waals surface area contributed by atoms with E-state index in [1.165, 1.54) is 50.5 Å². The van der Waals surface area contributed by atoms with Crippen LogP contribution in [-0.2, 0) is 4.79 Å². The van der Waals surface area contributed by atoms with Crippen molar-refractivity contribution in [3.63, 3.8) is 0 Å². The summed E-state index contributed by atoms with van der Waals surface area (Å²) in [6.07, 6.45) is 9.26. The number of ketones is 1. The van der Waals surface area contributed by atoms with E-state index in [0.717, 1.165) is 0 Å². The van der Waals surface area contributed by atoms with Gasteiger partial charge in [-0.25, -0.2) is 0 Å². The maximum absolute atomic E-state index is 11.6. The molecule has 0 amide bonds. The van der Waals surface area contributed by atoms with Gasteiger partial charge in [-0.3, -0.25) is 4.79 Å². The summed E-state index contributed by atoms with van der Waals surface area (Å²) in [5.74, 6) is 0.653. The van der Waals surface area contributed by atoms with Gasteiger partial charge in [0, 0.05) is 0 Å². The van der Waals surface area contributed by atoms with Crippen molar-refractivity contribution in [3.05, 3.63) is 10.8 Å². The fourth-order valence-corrected chi connectivity index (χ4v) is 5.41. The third-order valence-corrected chi connectivity index (χ3v) is 6.14. The second-order valence-electron chi connectivity index (χ2n) is 6.75. The number of hydrogen-bond acceptors (Lipinski definition) is 1. The molecule has 1 aliphatic rings. The highest BCUT2D eigenvalue weighted by atomic mass is 28.3. The molecule has 0 aliphatic heterocycles. The van der Waals surface area contributed by atoms with E-state index in [9.17, 15) is 4.79 Å². The van der Waals surface area contributed by atoms with Crippen molar-refractivity contribution in [3.8, 4) is 0 Å². The van der Waals surface area contributed by atoms with Gasteiger partial charge in [0.2, 0.25) is 0 Å². The highest BCUT2D eigenvalue weighted by Crippen LogP contribution is 2.48. The van der Waals surface area contributed by atoms with Crippen LogP contribution in [0.4, 0.5) is 0 Å². The number of rotatable bonds is 9. The molecule has 104 valence electrons. The summed E-state index contributed by atoms with van der Waals surface area (Å²) in [6, 6.07) is 0. The SMILES string of the molecule is CCCCCCCCC1=C([Si](C)(C)C)C1C(C)=O. The van der Waals surface area contributed by atoms with E-state index < -0.39 is 8.07 Å². The molecule has 0 radical (unpaired) electrons. The quantitative estimate of drug-likeness (QED) is 0.417. The van der Waals surface area contributed by atoms with Crippen molar-refractivity contribution in [1.29, 1.82) is 0 Å². The molecule has 0 heterocycles. The van der Waals surface area contributed by atoms with Crippen LogP contribution in [0.25, 0.3) is 0 Å². The largest absolute Gasteiger partial charge is 0.299 e. The van der Waals surface area contributed by atoms with Crippen molar-refractivity contribution in [1.82, 2.24) is 0 Å². The summed E-state index contributed by atoms with van der Waals surface area (Å²) in [4.78, 5) is 11.6. The molecule has 0 aromatic heterocycles. The van der Waals surface area contributed by atoms with Crippen LogP contribution in [0.15, 0.2) is 10.8 Å². The number of carbonyl (C=O) groups is 1. The molecule has 0 saturated heterocycles. The molecule has 0 aromatic carbocycles. The van der Waals surface area contributed by atoms with Gasteiger partial charge in [0.15, 0.2) is 0 Å². The Kier molecular flexibility index (Phi) is 5.83. The third kappa shape index (κ3) is 4.38. The minimum absolute atomic E-state index is 0.271. The van der Waals surface area contributed by atoms with E-state index in [-0.39, 0.29) is 5.92 Å². The Balaban J connectivity index is 2.32. The molecule has 2 heteroatoms. The second kappa shape index (κ2) is 6.69. The van der Waals surface area contributed by atoms with Crippen molar-refractivity contribution in [2.24, 2.45) is 5.92 Å². The highest BCUT2D eigenvalue weighted by Gasteiger charge is 2.45. The van der Waals surface area contributed by atoms with E-state index >= 15 is 0 Å². The normalized spacial score (nSPS) is 19.3. The summed E-state index contributed by atoms with van der Waals surface area (Å²) in [7, 11) is -1.23. The standard InChI is InChI=1S/C16H30OSi/c1-6-7-8-9-10-11-12-14-15(13(2)17)16(14)18(3,4)5/h15H,6-12H2,1-5H3. The zero-order valence-electron chi connectivity index (χ0n) is 12.9. The molecule has 0 spiro atoms. The molecule has 0 saturated carbocycles. The van der Waals surface area contributed by atoms with E-state index in [1.54, 1.807) is 12.1 Å². The van der Waals surface area contributed by atoms with Crippen molar-refractivity contribution in [2.75, 3.05) is 0 Å². The smallest absolute Gasteiger partial charge is 0.140 e. The lowest BCUT2D eigenvalue weighted by atomic mass is 10.1. The first kappa shape index (κ1) is 15.7. The van der Waals surface area contributed by atoms with Gasteiger partial charge in [-0.1, -0.05) is 69.4 Å². The van der Waals surface area contributed by atoms with Crippen LogP contribution in [0.2, 0.25) is 19.6 Å². The highest BCUT2D eigenvalue weighted by molar-refractivity contribution is 6.85. The maximum Gasteiger partial charge on any atom is 0.140 e. The van der Waals surface area contributed by atoms with E-state index in [4.69, 9.17) is 0 Å². The van der Waals surface area contributed by atoms with E-state index in [0.29, 0.717) is 5.78 Å². The number of hydrogen-bond donors (Lipinski definition) is 0. The Hall–Kier alpha value is -0.373. The molecule has 1 unspecified atom stereocenters. The first-order valence-corrected chi connectivity index (χ1v) is 11.1. The second-order valence-corrected chi connectivity index (χ2v) is 11.8. The summed E-state index contributed by atoms with van der Waals surface area (Å²) < 4.78 is 0. The molecular formula is C16H30OSi. The fraction of sp³-hybridized carbons (Fsp3) is 0.812. The average Bonchev–Trinajstić information content (AvgIpc) is 2.97. The van der Waals surface area contributed by atoms with Crippen LogP contribution in [0.3, 0.4) is 0 Å². The molecular weight excluding hydrogens is 236 g/mol. The van der Waals surface area contributed by atoms with Crippen molar-refractivity contribution >= 4 is 13.9 Å².